The molecule has 0 bridgehead atoms. The largest absolute Gasteiger partial charge is 0.494 e. The maximum atomic E-state index is 12.9. The van der Waals surface area contributed by atoms with Gasteiger partial charge in [0.25, 0.3) is 11.8 Å². The number of hydrogen-bond acceptors (Lipinski definition) is 9. The SMILES string of the molecule is COc1cnc(Cl)cc1-c1cc(C)ncc1C(=O)Nc1nnc(C(=O)NCCO)s1. The number of carbonyl (C=O) groups excluding carboxylic acids is 2. The maximum absolute atomic E-state index is 12.9. The minimum absolute atomic E-state index is 0.0589. The number of pyridine rings is 2. The molecule has 0 aliphatic carbocycles. The second-order valence-electron chi connectivity index (χ2n) is 5.92. The Morgan fingerprint density at radius 3 is 2.70 bits per heavy atom. The van der Waals surface area contributed by atoms with E-state index < -0.39 is 11.8 Å². The summed E-state index contributed by atoms with van der Waals surface area (Å²) < 4.78 is 5.35. The van der Waals surface area contributed by atoms with E-state index in [2.05, 4.69) is 30.8 Å². The Morgan fingerprint density at radius 1 is 1.17 bits per heavy atom. The second kappa shape index (κ2) is 9.57. The highest BCUT2D eigenvalue weighted by Crippen LogP contribution is 2.34. The average molecular weight is 449 g/mol. The standard InChI is InChI=1S/C18H17ClN6O4S/c1-9-5-10(11-6-14(19)22-8-13(11)29-2)12(7-21-9)15(27)23-18-25-24-17(30-18)16(28)20-3-4-26/h5-8,26H,3-4H2,1-2H3,(H,20,28)(H,23,25,27). The van der Waals surface area contributed by atoms with Crippen molar-refractivity contribution in [2.75, 3.05) is 25.6 Å². The summed E-state index contributed by atoms with van der Waals surface area (Å²) in [6.45, 7) is 1.69. The summed E-state index contributed by atoms with van der Waals surface area (Å²) in [6.07, 6.45) is 2.90. The number of aliphatic hydroxyl groups is 1. The molecule has 0 saturated carbocycles. The number of carbonyl (C=O) groups is 2. The number of amides is 2. The summed E-state index contributed by atoms with van der Waals surface area (Å²) in [5.41, 5.74) is 2.07. The Bertz CT molecular complexity index is 1090. The van der Waals surface area contributed by atoms with Crippen LogP contribution >= 0.6 is 22.9 Å². The molecule has 156 valence electrons. The first-order valence-corrected chi connectivity index (χ1v) is 9.82. The van der Waals surface area contributed by atoms with Gasteiger partial charge in [-0.15, -0.1) is 10.2 Å². The van der Waals surface area contributed by atoms with E-state index in [0.29, 0.717) is 22.6 Å². The van der Waals surface area contributed by atoms with Gasteiger partial charge < -0.3 is 15.2 Å². The van der Waals surface area contributed by atoms with Gasteiger partial charge in [-0.3, -0.25) is 19.9 Å². The molecule has 0 spiro atoms. The number of ether oxygens (including phenoxy) is 1. The molecule has 10 nitrogen and oxygen atoms in total. The van der Waals surface area contributed by atoms with Gasteiger partial charge in [0.1, 0.15) is 10.9 Å². The number of nitrogens with zero attached hydrogens (tertiary/aromatic N) is 4. The number of halogens is 1. The predicted octanol–water partition coefficient (Wildman–Crippen LogP) is 1.94. The molecule has 30 heavy (non-hydrogen) atoms. The molecule has 0 unspecified atom stereocenters. The van der Waals surface area contributed by atoms with Crippen LogP contribution in [0.2, 0.25) is 5.15 Å². The lowest BCUT2D eigenvalue weighted by molar-refractivity contribution is 0.0943. The van der Waals surface area contributed by atoms with Crippen LogP contribution in [0.3, 0.4) is 0 Å². The topological polar surface area (TPSA) is 139 Å². The molecule has 0 aromatic carbocycles. The molecule has 3 N–H and O–H groups in total. The molecule has 3 heterocycles. The first-order chi connectivity index (χ1) is 14.4. The van der Waals surface area contributed by atoms with Crippen molar-refractivity contribution >= 4 is 39.9 Å². The molecule has 0 saturated heterocycles. The first kappa shape index (κ1) is 21.6. The zero-order chi connectivity index (χ0) is 21.7. The summed E-state index contributed by atoms with van der Waals surface area (Å²) in [4.78, 5) is 33.0. The molecule has 0 atom stereocenters. The molecule has 0 radical (unpaired) electrons. The third kappa shape index (κ3) is 4.87. The van der Waals surface area contributed by atoms with Gasteiger partial charge in [0.2, 0.25) is 10.1 Å². The summed E-state index contributed by atoms with van der Waals surface area (Å²) in [5, 5.41) is 21.9. The van der Waals surface area contributed by atoms with Crippen molar-refractivity contribution < 1.29 is 19.4 Å². The Morgan fingerprint density at radius 2 is 1.97 bits per heavy atom. The van der Waals surface area contributed by atoms with E-state index in [1.54, 1.807) is 19.1 Å². The second-order valence-corrected chi connectivity index (χ2v) is 7.29. The average Bonchev–Trinajstić information content (AvgIpc) is 3.20. The van der Waals surface area contributed by atoms with Crippen molar-refractivity contribution in [3.8, 4) is 16.9 Å². The zero-order valence-corrected chi connectivity index (χ0v) is 17.5. The van der Waals surface area contributed by atoms with E-state index in [0.717, 1.165) is 11.3 Å². The van der Waals surface area contributed by atoms with Crippen LogP contribution in [-0.4, -0.2) is 57.3 Å². The molecule has 3 rings (SSSR count). The Balaban J connectivity index is 1.90. The fraction of sp³-hybridized carbons (Fsp3) is 0.222. The zero-order valence-electron chi connectivity index (χ0n) is 16.0. The Kier molecular flexibility index (Phi) is 6.87. The third-order valence-corrected chi connectivity index (χ3v) is 4.91. The lowest BCUT2D eigenvalue weighted by Gasteiger charge is -2.13. The molecule has 0 fully saturated rings. The lowest BCUT2D eigenvalue weighted by Crippen LogP contribution is -2.26. The van der Waals surface area contributed by atoms with Gasteiger partial charge in [-0.2, -0.15) is 0 Å². The van der Waals surface area contributed by atoms with Gasteiger partial charge >= 0.3 is 0 Å². The predicted molar refractivity (Wildman–Crippen MR) is 111 cm³/mol. The van der Waals surface area contributed by atoms with Crippen molar-refractivity contribution in [2.45, 2.75) is 6.92 Å². The Hall–Kier alpha value is -3.15. The smallest absolute Gasteiger partial charge is 0.282 e. The molecule has 0 aliphatic heterocycles. The number of anilines is 1. The van der Waals surface area contributed by atoms with Crippen molar-refractivity contribution in [3.05, 3.63) is 45.9 Å². The molecule has 0 aliphatic rings. The Labute approximate surface area is 180 Å². The van der Waals surface area contributed by atoms with Crippen molar-refractivity contribution in [1.29, 1.82) is 0 Å². The number of aryl methyl sites for hydroxylation is 1. The monoisotopic (exact) mass is 448 g/mol. The third-order valence-electron chi connectivity index (χ3n) is 3.87. The van der Waals surface area contributed by atoms with E-state index >= 15 is 0 Å². The minimum Gasteiger partial charge on any atom is -0.494 e. The number of hydrogen-bond donors (Lipinski definition) is 3. The molecule has 3 aromatic rings. The van der Waals surface area contributed by atoms with Gasteiger partial charge in [-0.05, 0) is 19.1 Å². The quantitative estimate of drug-likeness (QED) is 0.466. The molecular formula is C18H17ClN6O4S. The lowest BCUT2D eigenvalue weighted by atomic mass is 10.0. The summed E-state index contributed by atoms with van der Waals surface area (Å²) >= 11 is 6.95. The molecular weight excluding hydrogens is 432 g/mol. The molecule has 2 amide bonds. The van der Waals surface area contributed by atoms with Crippen LogP contribution in [0, 0.1) is 6.92 Å². The van der Waals surface area contributed by atoms with Crippen LogP contribution in [0.1, 0.15) is 25.9 Å². The summed E-state index contributed by atoms with van der Waals surface area (Å²) in [6, 6.07) is 3.33. The fourth-order valence-corrected chi connectivity index (χ4v) is 3.34. The van der Waals surface area contributed by atoms with E-state index in [9.17, 15) is 9.59 Å². The van der Waals surface area contributed by atoms with E-state index in [1.165, 1.54) is 19.5 Å². The van der Waals surface area contributed by atoms with Gasteiger partial charge in [0.05, 0.1) is 25.5 Å². The number of aromatic nitrogens is 4. The first-order valence-electron chi connectivity index (χ1n) is 8.63. The van der Waals surface area contributed by atoms with Crippen LogP contribution < -0.4 is 15.4 Å². The summed E-state index contributed by atoms with van der Waals surface area (Å²) in [5.74, 6) is -0.542. The highest BCUT2D eigenvalue weighted by Gasteiger charge is 2.20. The van der Waals surface area contributed by atoms with E-state index in [4.69, 9.17) is 21.4 Å². The van der Waals surface area contributed by atoms with Gasteiger partial charge in [0.15, 0.2) is 0 Å². The van der Waals surface area contributed by atoms with Gasteiger partial charge in [-0.1, -0.05) is 22.9 Å². The molecule has 3 aromatic heterocycles. The van der Waals surface area contributed by atoms with Gasteiger partial charge in [0, 0.05) is 29.6 Å². The van der Waals surface area contributed by atoms with E-state index in [-0.39, 0.29) is 34.0 Å². The van der Waals surface area contributed by atoms with Gasteiger partial charge in [-0.25, -0.2) is 4.98 Å². The number of nitrogens with one attached hydrogen (secondary N) is 2. The van der Waals surface area contributed by atoms with Crippen molar-refractivity contribution in [3.63, 3.8) is 0 Å². The van der Waals surface area contributed by atoms with E-state index in [1.807, 2.05) is 0 Å². The minimum atomic E-state index is -0.494. The van der Waals surface area contributed by atoms with Crippen LogP contribution in [0.4, 0.5) is 5.13 Å². The van der Waals surface area contributed by atoms with Crippen LogP contribution in [0.15, 0.2) is 24.5 Å². The maximum Gasteiger partial charge on any atom is 0.282 e. The fourth-order valence-electron chi connectivity index (χ4n) is 2.53. The van der Waals surface area contributed by atoms with Crippen molar-refractivity contribution in [2.24, 2.45) is 0 Å². The highest BCUT2D eigenvalue weighted by atomic mass is 35.5. The van der Waals surface area contributed by atoms with Crippen LogP contribution in [0.25, 0.3) is 11.1 Å². The van der Waals surface area contributed by atoms with Crippen LogP contribution in [0.5, 0.6) is 5.75 Å². The normalized spacial score (nSPS) is 10.5. The van der Waals surface area contributed by atoms with Crippen molar-refractivity contribution in [1.82, 2.24) is 25.5 Å². The number of methoxy groups -OCH3 is 1. The summed E-state index contributed by atoms with van der Waals surface area (Å²) in [7, 11) is 1.49. The highest BCUT2D eigenvalue weighted by molar-refractivity contribution is 7.17. The number of rotatable bonds is 7. The molecule has 12 heteroatoms. The van der Waals surface area contributed by atoms with Crippen LogP contribution in [-0.2, 0) is 0 Å². The number of aliphatic hydroxyl groups excluding tert-OH is 1.